The van der Waals surface area contributed by atoms with Gasteiger partial charge in [0.05, 0.1) is 0 Å². The molecule has 3 aliphatic carbocycles. The molecule has 3 radical (unpaired) electrons. The summed E-state index contributed by atoms with van der Waals surface area (Å²) in [6.07, 6.45) is 2.13. The smallest absolute Gasteiger partial charge is 0.146 e. The van der Waals surface area contributed by atoms with Gasteiger partial charge in [0, 0.05) is 31.3 Å². The van der Waals surface area contributed by atoms with Crippen LogP contribution in [-0.4, -0.2) is 25.8 Å². The van der Waals surface area contributed by atoms with Gasteiger partial charge >= 0.3 is 0 Å². The molecular weight excluding hydrogens is 338 g/mol. The van der Waals surface area contributed by atoms with Crippen molar-refractivity contribution in [2.75, 3.05) is 6.61 Å². The Morgan fingerprint density at radius 3 is 1.88 bits per heavy atom. The molecule has 5 rings (SSSR count). The van der Waals surface area contributed by atoms with E-state index in [0.717, 1.165) is 17.0 Å². The van der Waals surface area contributed by atoms with Crippen LogP contribution in [0.15, 0.2) is 60.7 Å². The van der Waals surface area contributed by atoms with Gasteiger partial charge in [-0.2, -0.15) is 0 Å². The van der Waals surface area contributed by atoms with Gasteiger partial charge in [-0.05, 0) is 36.0 Å². The van der Waals surface area contributed by atoms with E-state index in [1.807, 2.05) is 60.7 Å². The van der Waals surface area contributed by atoms with Crippen LogP contribution in [0.5, 0.6) is 0 Å². The zero-order valence-corrected chi connectivity index (χ0v) is 16.5. The SMILES string of the molecule is CC1(C)C2CC1[C@H](CO)[C@H](P(=O)(c1ccccc1)c1ccccc1)C2.[B]. The summed E-state index contributed by atoms with van der Waals surface area (Å²) in [4.78, 5) is 0. The van der Waals surface area contributed by atoms with Crippen molar-refractivity contribution in [2.24, 2.45) is 23.2 Å². The third kappa shape index (κ3) is 2.72. The predicted molar refractivity (Wildman–Crippen MR) is 110 cm³/mol. The highest BCUT2D eigenvalue weighted by atomic mass is 31.2. The van der Waals surface area contributed by atoms with Gasteiger partial charge in [-0.1, -0.05) is 74.5 Å². The van der Waals surface area contributed by atoms with Crippen molar-refractivity contribution in [3.8, 4) is 0 Å². The largest absolute Gasteiger partial charge is 0.396 e. The van der Waals surface area contributed by atoms with Gasteiger partial charge in [0.1, 0.15) is 7.14 Å². The Hall–Kier alpha value is -1.31. The fourth-order valence-corrected chi connectivity index (χ4v) is 9.10. The van der Waals surface area contributed by atoms with Crippen LogP contribution in [0.4, 0.5) is 0 Å². The van der Waals surface area contributed by atoms with Crippen molar-refractivity contribution >= 4 is 26.2 Å². The summed E-state index contributed by atoms with van der Waals surface area (Å²) in [6.45, 7) is 4.77. The number of aliphatic hydroxyl groups is 1. The van der Waals surface area contributed by atoms with E-state index < -0.39 is 7.14 Å². The van der Waals surface area contributed by atoms with Crippen LogP contribution in [0.2, 0.25) is 0 Å². The Labute approximate surface area is 159 Å². The maximum Gasteiger partial charge on any atom is 0.146 e. The number of rotatable bonds is 4. The Morgan fingerprint density at radius 1 is 0.962 bits per heavy atom. The van der Waals surface area contributed by atoms with Gasteiger partial charge in [0.2, 0.25) is 0 Å². The van der Waals surface area contributed by atoms with E-state index >= 15 is 0 Å². The number of aliphatic hydroxyl groups excluding tert-OH is 1. The first kappa shape index (κ1) is 19.5. The first-order valence-corrected chi connectivity index (χ1v) is 11.1. The molecule has 0 aromatic heterocycles. The van der Waals surface area contributed by atoms with Crippen LogP contribution in [0.25, 0.3) is 0 Å². The second kappa shape index (κ2) is 7.02. The van der Waals surface area contributed by atoms with Crippen LogP contribution in [0, 0.1) is 23.2 Å². The molecule has 0 spiro atoms. The fourth-order valence-electron chi connectivity index (χ4n) is 5.42. The van der Waals surface area contributed by atoms with Crippen molar-refractivity contribution in [1.29, 1.82) is 0 Å². The third-order valence-corrected chi connectivity index (χ3v) is 10.7. The first-order valence-electron chi connectivity index (χ1n) is 9.31. The molecule has 4 heteroatoms. The van der Waals surface area contributed by atoms with Crippen molar-refractivity contribution in [3.63, 3.8) is 0 Å². The lowest BCUT2D eigenvalue weighted by atomic mass is 9.45. The van der Waals surface area contributed by atoms with Crippen molar-refractivity contribution < 1.29 is 9.67 Å². The monoisotopic (exact) mass is 365 g/mol. The Morgan fingerprint density at radius 2 is 1.46 bits per heavy atom. The lowest BCUT2D eigenvalue weighted by Gasteiger charge is -2.63. The minimum Gasteiger partial charge on any atom is -0.396 e. The van der Waals surface area contributed by atoms with Gasteiger partial charge in [-0.3, -0.25) is 0 Å². The molecule has 0 heterocycles. The standard InChI is InChI=1S/C22H27O2P.B/c1-22(2)16-13-20(22)19(15-23)21(14-16)25(24,17-9-5-3-6-10-17)18-11-7-4-8-12-18;/h3-12,16,19-21,23H,13-15H2,1-2H3;/t16?,19-,20?,21+;/m0./s1. The quantitative estimate of drug-likeness (QED) is 0.663. The normalized spacial score (nSPS) is 29.3. The molecular formula is C22H27BO2P. The average molecular weight is 365 g/mol. The van der Waals surface area contributed by atoms with Gasteiger partial charge in [0.25, 0.3) is 0 Å². The number of hydrogen-bond acceptors (Lipinski definition) is 2. The van der Waals surface area contributed by atoms with Gasteiger partial charge < -0.3 is 9.67 Å². The molecule has 26 heavy (non-hydrogen) atoms. The van der Waals surface area contributed by atoms with E-state index in [-0.39, 0.29) is 32.0 Å². The highest BCUT2D eigenvalue weighted by molar-refractivity contribution is 7.79. The first-order chi connectivity index (χ1) is 12.0. The minimum atomic E-state index is -2.80. The van der Waals surface area contributed by atoms with E-state index in [9.17, 15) is 9.67 Å². The second-order valence-corrected chi connectivity index (χ2v) is 11.4. The Kier molecular flexibility index (Phi) is 5.25. The Balaban J connectivity index is 0.00000196. The topological polar surface area (TPSA) is 37.3 Å². The van der Waals surface area contributed by atoms with Gasteiger partial charge in [-0.15, -0.1) is 0 Å². The summed E-state index contributed by atoms with van der Waals surface area (Å²) in [5, 5.41) is 12.1. The highest BCUT2D eigenvalue weighted by Gasteiger charge is 2.61. The van der Waals surface area contributed by atoms with Crippen molar-refractivity contribution in [2.45, 2.75) is 32.3 Å². The third-order valence-electron chi connectivity index (χ3n) is 7.04. The maximum absolute atomic E-state index is 14.6. The van der Waals surface area contributed by atoms with E-state index in [1.165, 1.54) is 6.42 Å². The zero-order chi connectivity index (χ0) is 17.7. The summed E-state index contributed by atoms with van der Waals surface area (Å²) in [5.41, 5.74) is 0.307. The zero-order valence-electron chi connectivity index (χ0n) is 15.6. The lowest BCUT2D eigenvalue weighted by Crippen LogP contribution is -2.59. The van der Waals surface area contributed by atoms with Crippen LogP contribution < -0.4 is 10.6 Å². The van der Waals surface area contributed by atoms with Crippen molar-refractivity contribution in [1.82, 2.24) is 0 Å². The molecule has 0 amide bonds. The summed E-state index contributed by atoms with van der Waals surface area (Å²) in [6, 6.07) is 19.9. The molecule has 1 N–H and O–H groups in total. The molecule has 135 valence electrons. The molecule has 0 aliphatic heterocycles. The molecule has 2 aromatic rings. The molecule has 2 aromatic carbocycles. The van der Waals surface area contributed by atoms with Crippen molar-refractivity contribution in [3.05, 3.63) is 60.7 Å². The van der Waals surface area contributed by atoms with Crippen LogP contribution in [0.1, 0.15) is 26.7 Å². The summed E-state index contributed by atoms with van der Waals surface area (Å²) in [5.74, 6) is 1.21. The van der Waals surface area contributed by atoms with E-state index in [1.54, 1.807) is 0 Å². The van der Waals surface area contributed by atoms with E-state index in [4.69, 9.17) is 0 Å². The molecule has 2 unspecified atom stereocenters. The van der Waals surface area contributed by atoms with Crippen LogP contribution in [0.3, 0.4) is 0 Å². The van der Waals surface area contributed by atoms with E-state index in [2.05, 4.69) is 13.8 Å². The maximum atomic E-state index is 14.6. The molecule has 2 nitrogen and oxygen atoms in total. The molecule has 3 fully saturated rings. The molecule has 3 saturated carbocycles. The average Bonchev–Trinajstić information content (AvgIpc) is 2.68. The summed E-state index contributed by atoms with van der Waals surface area (Å²) in [7, 11) is -2.80. The molecule has 2 bridgehead atoms. The molecule has 0 saturated heterocycles. The minimum absolute atomic E-state index is 0. The van der Waals surface area contributed by atoms with Gasteiger partial charge in [0.15, 0.2) is 0 Å². The number of fused-ring (bicyclic) bond motifs is 2. The number of benzene rings is 2. The fraction of sp³-hybridized carbons (Fsp3) is 0.455. The Bertz CT molecular complexity index is 747. The summed E-state index contributed by atoms with van der Waals surface area (Å²) >= 11 is 0. The van der Waals surface area contributed by atoms with E-state index in [0.29, 0.717) is 11.8 Å². The van der Waals surface area contributed by atoms with Crippen LogP contribution in [-0.2, 0) is 4.57 Å². The lowest BCUT2D eigenvalue weighted by molar-refractivity contribution is -0.114. The second-order valence-electron chi connectivity index (χ2n) is 8.34. The molecule has 3 aliphatic rings. The molecule has 4 atom stereocenters. The number of hydrogen-bond donors (Lipinski definition) is 1. The predicted octanol–water partition coefficient (Wildman–Crippen LogP) is 3.66. The summed E-state index contributed by atoms with van der Waals surface area (Å²) < 4.78 is 14.6. The van der Waals surface area contributed by atoms with Crippen LogP contribution >= 0.6 is 7.14 Å². The highest BCUT2D eigenvalue weighted by Crippen LogP contribution is 2.68. The van der Waals surface area contributed by atoms with Gasteiger partial charge in [-0.25, -0.2) is 0 Å².